The quantitative estimate of drug-likeness (QED) is 0.274. The Balaban J connectivity index is 1.25. The molecule has 1 N–H and O–H groups in total. The number of nitrogens with zero attached hydrogens (tertiary/aromatic N) is 5. The third-order valence-electron chi connectivity index (χ3n) is 4.86. The number of amides is 1. The van der Waals surface area contributed by atoms with Crippen molar-refractivity contribution in [2.24, 2.45) is 0 Å². The second-order valence-electron chi connectivity index (χ2n) is 7.37. The third-order valence-corrected chi connectivity index (χ3v) is 6.63. The van der Waals surface area contributed by atoms with Crippen LogP contribution >= 0.6 is 22.7 Å². The Kier molecular flexibility index (Phi) is 6.05. The summed E-state index contributed by atoms with van der Waals surface area (Å²) in [5.41, 5.74) is 1.64. The lowest BCUT2D eigenvalue weighted by Gasteiger charge is -2.06. The molecule has 0 aliphatic heterocycles. The molecule has 0 saturated carbocycles. The lowest BCUT2D eigenvalue weighted by atomic mass is 10.1. The van der Waals surface area contributed by atoms with E-state index in [0.717, 1.165) is 15.2 Å². The maximum Gasteiger partial charge on any atom is 0.275 e. The number of thiazole rings is 1. The van der Waals surface area contributed by atoms with E-state index in [-0.39, 0.29) is 17.7 Å². The topological polar surface area (TPSA) is 122 Å². The summed E-state index contributed by atoms with van der Waals surface area (Å²) in [5, 5.41) is 17.5. The molecule has 11 heteroatoms. The fourth-order valence-electron chi connectivity index (χ4n) is 3.25. The fourth-order valence-corrected chi connectivity index (χ4v) is 4.88. The molecule has 0 radical (unpaired) electrons. The van der Waals surface area contributed by atoms with Crippen LogP contribution in [0.4, 0.5) is 5.13 Å². The van der Waals surface area contributed by atoms with E-state index >= 15 is 0 Å². The van der Waals surface area contributed by atoms with Gasteiger partial charge in [0.15, 0.2) is 5.13 Å². The first-order chi connectivity index (χ1) is 17.0. The van der Waals surface area contributed by atoms with Gasteiger partial charge in [-0.2, -0.15) is 14.9 Å². The summed E-state index contributed by atoms with van der Waals surface area (Å²) in [5.74, 6) is 0.0278. The second kappa shape index (κ2) is 9.46. The first-order valence-corrected chi connectivity index (χ1v) is 12.0. The van der Waals surface area contributed by atoms with E-state index in [0.29, 0.717) is 27.1 Å². The number of aromatic nitrogens is 4. The van der Waals surface area contributed by atoms with Gasteiger partial charge in [0.25, 0.3) is 11.5 Å². The van der Waals surface area contributed by atoms with Gasteiger partial charge in [0.05, 0.1) is 15.9 Å². The van der Waals surface area contributed by atoms with Crippen LogP contribution in [-0.4, -0.2) is 25.5 Å². The lowest BCUT2D eigenvalue weighted by molar-refractivity contribution is -0.112. The molecule has 0 aliphatic carbocycles. The highest BCUT2D eigenvalue weighted by molar-refractivity contribution is 7.22. The Bertz CT molecular complexity index is 1660. The number of rotatable bonds is 6. The molecule has 0 aliphatic rings. The van der Waals surface area contributed by atoms with Crippen molar-refractivity contribution in [2.75, 3.05) is 5.32 Å². The Labute approximate surface area is 206 Å². The zero-order chi connectivity index (χ0) is 24.4. The molecular formula is C24H16N6O3S2. The van der Waals surface area contributed by atoms with E-state index in [1.165, 1.54) is 39.3 Å². The number of para-hydroxylation sites is 1. The minimum atomic E-state index is -0.530. The van der Waals surface area contributed by atoms with E-state index in [9.17, 15) is 14.9 Å². The Morgan fingerprint density at radius 1 is 1.17 bits per heavy atom. The number of hydrogen-bond acceptors (Lipinski definition) is 9. The number of hydrogen-bond donors (Lipinski definition) is 1. The van der Waals surface area contributed by atoms with E-state index in [4.69, 9.17) is 4.74 Å². The van der Waals surface area contributed by atoms with E-state index in [1.807, 2.05) is 37.3 Å². The van der Waals surface area contributed by atoms with Crippen LogP contribution in [0.3, 0.4) is 0 Å². The van der Waals surface area contributed by atoms with Gasteiger partial charge in [0.1, 0.15) is 29.0 Å². The molecule has 35 heavy (non-hydrogen) atoms. The van der Waals surface area contributed by atoms with Gasteiger partial charge < -0.3 is 4.74 Å². The molecular weight excluding hydrogens is 484 g/mol. The molecule has 172 valence electrons. The molecule has 5 aromatic rings. The van der Waals surface area contributed by atoms with Crippen LogP contribution < -0.4 is 15.6 Å². The Morgan fingerprint density at radius 2 is 1.97 bits per heavy atom. The maximum atomic E-state index is 12.6. The highest BCUT2D eigenvalue weighted by atomic mass is 32.1. The van der Waals surface area contributed by atoms with E-state index in [2.05, 4.69) is 20.4 Å². The molecule has 0 bridgehead atoms. The molecule has 3 heterocycles. The van der Waals surface area contributed by atoms with Crippen molar-refractivity contribution < 1.29 is 9.53 Å². The summed E-state index contributed by atoms with van der Waals surface area (Å²) in [6, 6.07) is 17.8. The zero-order valence-corrected chi connectivity index (χ0v) is 19.9. The molecule has 0 saturated heterocycles. The van der Waals surface area contributed by atoms with Crippen LogP contribution in [-0.2, 0) is 11.4 Å². The summed E-state index contributed by atoms with van der Waals surface area (Å²) in [4.78, 5) is 34.0. The summed E-state index contributed by atoms with van der Waals surface area (Å²) >= 11 is 2.67. The maximum absolute atomic E-state index is 12.6. The summed E-state index contributed by atoms with van der Waals surface area (Å²) in [7, 11) is 0. The monoisotopic (exact) mass is 500 g/mol. The van der Waals surface area contributed by atoms with Gasteiger partial charge in [-0.15, -0.1) is 0 Å². The van der Waals surface area contributed by atoms with Crippen molar-refractivity contribution in [1.82, 2.24) is 19.6 Å². The number of nitrogens with one attached hydrogen (secondary N) is 1. The first-order valence-electron chi connectivity index (χ1n) is 10.4. The van der Waals surface area contributed by atoms with E-state index in [1.54, 1.807) is 24.3 Å². The molecule has 0 fully saturated rings. The zero-order valence-electron chi connectivity index (χ0n) is 18.3. The van der Waals surface area contributed by atoms with Crippen molar-refractivity contribution in [3.8, 4) is 11.8 Å². The average molecular weight is 501 g/mol. The van der Waals surface area contributed by atoms with Crippen molar-refractivity contribution in [3.05, 3.63) is 86.8 Å². The third kappa shape index (κ3) is 4.93. The molecule has 3 aromatic heterocycles. The van der Waals surface area contributed by atoms with Crippen molar-refractivity contribution in [2.45, 2.75) is 13.5 Å². The van der Waals surface area contributed by atoms with Gasteiger partial charge in [-0.3, -0.25) is 14.9 Å². The number of carbonyl (C=O) groups excluding carboxylic acids is 1. The minimum Gasteiger partial charge on any atom is -0.487 e. The molecule has 0 spiro atoms. The molecule has 5 rings (SSSR count). The van der Waals surface area contributed by atoms with E-state index < -0.39 is 5.91 Å². The van der Waals surface area contributed by atoms with Crippen LogP contribution in [0.15, 0.2) is 65.0 Å². The van der Waals surface area contributed by atoms with Crippen molar-refractivity contribution in [3.63, 3.8) is 0 Å². The Morgan fingerprint density at radius 3 is 2.74 bits per heavy atom. The largest absolute Gasteiger partial charge is 0.487 e. The Hall–Kier alpha value is -4.40. The number of fused-ring (bicyclic) bond motifs is 2. The normalized spacial score (nSPS) is 11.5. The number of benzene rings is 2. The molecule has 9 nitrogen and oxygen atoms in total. The summed E-state index contributed by atoms with van der Waals surface area (Å²) in [6.07, 6.45) is 1.50. The number of aryl methyl sites for hydroxylation is 1. The molecule has 0 atom stereocenters. The fraction of sp³-hybridized carbons (Fsp3) is 0.0833. The van der Waals surface area contributed by atoms with Gasteiger partial charge in [-0.25, -0.2) is 9.97 Å². The second-order valence-corrected chi connectivity index (χ2v) is 9.56. The van der Waals surface area contributed by atoms with Crippen LogP contribution in [0.2, 0.25) is 0 Å². The van der Waals surface area contributed by atoms with Gasteiger partial charge in [-0.1, -0.05) is 46.9 Å². The van der Waals surface area contributed by atoms with Crippen LogP contribution in [0.5, 0.6) is 5.75 Å². The lowest BCUT2D eigenvalue weighted by Crippen LogP contribution is -2.16. The van der Waals surface area contributed by atoms with Gasteiger partial charge >= 0.3 is 0 Å². The van der Waals surface area contributed by atoms with Crippen LogP contribution in [0, 0.1) is 18.3 Å². The SMILES string of the molecule is Cc1nn2c(=O)cc(COc3ccc(/C=C(\C#N)C(=O)Nc4nc5ccccc5s4)cc3)nc2s1. The number of nitriles is 1. The average Bonchev–Trinajstić information content (AvgIpc) is 3.44. The predicted molar refractivity (Wildman–Crippen MR) is 134 cm³/mol. The van der Waals surface area contributed by atoms with Crippen LogP contribution in [0.1, 0.15) is 16.3 Å². The first kappa shape index (κ1) is 22.4. The van der Waals surface area contributed by atoms with Gasteiger partial charge in [0.2, 0.25) is 4.96 Å². The summed E-state index contributed by atoms with van der Waals surface area (Å²) < 4.78 is 7.96. The molecule has 2 aromatic carbocycles. The number of carbonyl (C=O) groups is 1. The predicted octanol–water partition coefficient (Wildman–Crippen LogP) is 4.19. The number of ether oxygens (including phenoxy) is 1. The molecule has 0 unspecified atom stereocenters. The number of anilines is 1. The molecule has 1 amide bonds. The smallest absolute Gasteiger partial charge is 0.275 e. The highest BCUT2D eigenvalue weighted by Crippen LogP contribution is 2.26. The summed E-state index contributed by atoms with van der Waals surface area (Å²) in [6.45, 7) is 1.93. The standard InChI is InChI=1S/C24H16N6O3S2/c1-14-29-30-21(31)11-17(26-24(30)34-14)13-33-18-8-6-15(7-9-18)10-16(12-25)22(32)28-23-27-19-4-2-3-5-20(19)35-23/h2-11H,13H2,1H3,(H,27,28,32)/b16-10+. The highest BCUT2D eigenvalue weighted by Gasteiger charge is 2.13. The minimum absolute atomic E-state index is 0.0456. The van der Waals surface area contributed by atoms with Crippen molar-refractivity contribution >= 4 is 55.0 Å². The van der Waals surface area contributed by atoms with Crippen LogP contribution in [0.25, 0.3) is 21.3 Å². The van der Waals surface area contributed by atoms with Gasteiger partial charge in [-0.05, 0) is 42.8 Å². The van der Waals surface area contributed by atoms with Crippen molar-refractivity contribution in [1.29, 1.82) is 5.26 Å². The van der Waals surface area contributed by atoms with Gasteiger partial charge in [0, 0.05) is 6.07 Å².